The molecule has 2 aromatic carbocycles. The van der Waals surface area contributed by atoms with Crippen LogP contribution < -0.4 is 16.0 Å². The molecule has 25 heavy (non-hydrogen) atoms. The molecule has 3 rings (SSSR count). The van der Waals surface area contributed by atoms with Gasteiger partial charge in [-0.15, -0.1) is 0 Å². The molecule has 0 aliphatic carbocycles. The van der Waals surface area contributed by atoms with Gasteiger partial charge in [0, 0.05) is 21.4 Å². The average molecular weight is 392 g/mol. The maximum absolute atomic E-state index is 12.9. The number of hydrogen-bond acceptors (Lipinski definition) is 2. The Morgan fingerprint density at radius 2 is 1.88 bits per heavy atom. The zero-order chi connectivity index (χ0) is 18.0. The highest BCUT2D eigenvalue weighted by molar-refractivity contribution is 7.80. The number of carbonyl (C=O) groups is 1. The van der Waals surface area contributed by atoms with E-state index in [-0.39, 0.29) is 5.91 Å². The molecule has 0 fully saturated rings. The number of allylic oxidation sites excluding steroid dienone is 1. The normalized spacial score (nSPS) is 16.9. The van der Waals surface area contributed by atoms with E-state index in [4.69, 9.17) is 35.4 Å². The number of nitrogens with one attached hydrogen (secondary N) is 3. The van der Waals surface area contributed by atoms with Crippen LogP contribution in [0.5, 0.6) is 0 Å². The van der Waals surface area contributed by atoms with Crippen LogP contribution in [0.15, 0.2) is 59.8 Å². The summed E-state index contributed by atoms with van der Waals surface area (Å²) in [5.41, 5.74) is 2.63. The molecule has 1 heterocycles. The number of rotatable bonds is 3. The summed E-state index contributed by atoms with van der Waals surface area (Å²) < 4.78 is 0. The van der Waals surface area contributed by atoms with Gasteiger partial charge in [-0.25, -0.2) is 0 Å². The van der Waals surface area contributed by atoms with E-state index in [9.17, 15) is 4.79 Å². The Bertz CT molecular complexity index is 868. The summed E-state index contributed by atoms with van der Waals surface area (Å²) in [5, 5.41) is 10.4. The molecule has 0 saturated heterocycles. The van der Waals surface area contributed by atoms with Gasteiger partial charge in [0.1, 0.15) is 0 Å². The first kappa shape index (κ1) is 17.7. The fourth-order valence-electron chi connectivity index (χ4n) is 2.68. The van der Waals surface area contributed by atoms with Crippen LogP contribution >= 0.6 is 35.4 Å². The van der Waals surface area contributed by atoms with Crippen LogP contribution in [0.1, 0.15) is 18.5 Å². The number of para-hydroxylation sites is 1. The van der Waals surface area contributed by atoms with Gasteiger partial charge in [-0.05, 0) is 49.0 Å². The van der Waals surface area contributed by atoms with Gasteiger partial charge in [0.2, 0.25) is 0 Å². The van der Waals surface area contributed by atoms with E-state index in [0.717, 1.165) is 5.56 Å². The van der Waals surface area contributed by atoms with Gasteiger partial charge >= 0.3 is 0 Å². The van der Waals surface area contributed by atoms with E-state index in [1.807, 2.05) is 37.3 Å². The first-order chi connectivity index (χ1) is 12.0. The molecule has 0 bridgehead atoms. The smallest absolute Gasteiger partial charge is 0.255 e. The van der Waals surface area contributed by atoms with Crippen LogP contribution in [0, 0.1) is 0 Å². The lowest BCUT2D eigenvalue weighted by Crippen LogP contribution is -2.45. The van der Waals surface area contributed by atoms with Gasteiger partial charge in [0.25, 0.3) is 5.91 Å². The lowest BCUT2D eigenvalue weighted by Gasteiger charge is -2.31. The minimum absolute atomic E-state index is 0.234. The fourth-order valence-corrected chi connectivity index (χ4v) is 3.47. The number of carbonyl (C=O) groups excluding carboxylic acids is 1. The molecule has 0 radical (unpaired) electrons. The summed E-state index contributed by atoms with van der Waals surface area (Å²) in [6.45, 7) is 1.81. The molecule has 1 aliphatic heterocycles. The van der Waals surface area contributed by atoms with Crippen LogP contribution in [-0.2, 0) is 4.79 Å². The third-order valence-electron chi connectivity index (χ3n) is 3.82. The van der Waals surface area contributed by atoms with Crippen molar-refractivity contribution in [3.05, 3.63) is 75.4 Å². The Morgan fingerprint density at radius 3 is 2.56 bits per heavy atom. The highest BCUT2D eigenvalue weighted by atomic mass is 35.5. The lowest BCUT2D eigenvalue weighted by molar-refractivity contribution is -0.113. The Labute approximate surface area is 161 Å². The van der Waals surface area contributed by atoms with Crippen molar-refractivity contribution >= 4 is 52.1 Å². The lowest BCUT2D eigenvalue weighted by atomic mass is 9.95. The van der Waals surface area contributed by atoms with Crippen molar-refractivity contribution in [3.63, 3.8) is 0 Å². The van der Waals surface area contributed by atoms with Crippen molar-refractivity contribution in [1.29, 1.82) is 0 Å². The van der Waals surface area contributed by atoms with Crippen LogP contribution in [0.2, 0.25) is 10.0 Å². The fraction of sp³-hybridized carbons (Fsp3) is 0.111. The summed E-state index contributed by atoms with van der Waals surface area (Å²) in [6.07, 6.45) is 0. The number of halogens is 2. The molecule has 3 N–H and O–H groups in total. The molecule has 7 heteroatoms. The zero-order valence-electron chi connectivity index (χ0n) is 13.3. The average Bonchev–Trinajstić information content (AvgIpc) is 2.54. The van der Waals surface area contributed by atoms with E-state index in [2.05, 4.69) is 16.0 Å². The monoisotopic (exact) mass is 391 g/mol. The Kier molecular flexibility index (Phi) is 5.27. The number of amides is 1. The molecule has 1 amide bonds. The number of thiocarbonyl (C=S) groups is 1. The topological polar surface area (TPSA) is 53.2 Å². The van der Waals surface area contributed by atoms with Gasteiger partial charge in [-0.3, -0.25) is 4.79 Å². The zero-order valence-corrected chi connectivity index (χ0v) is 15.6. The van der Waals surface area contributed by atoms with Gasteiger partial charge in [-0.2, -0.15) is 0 Å². The predicted octanol–water partition coefficient (Wildman–Crippen LogP) is 4.42. The second-order valence-electron chi connectivity index (χ2n) is 5.56. The van der Waals surface area contributed by atoms with Crippen molar-refractivity contribution < 1.29 is 4.79 Å². The van der Waals surface area contributed by atoms with Crippen molar-refractivity contribution in [1.82, 2.24) is 10.6 Å². The standard InChI is InChI=1S/C18H15Cl2N3OS/c1-10-15(17(24)22-12-5-3-2-4-6-12)16(23-18(25)21-10)13-8-7-11(19)9-14(13)20/h2-9,16H,1H3,(H,22,24)(H2,21,23,25)/t16-/m0/s1. The first-order valence-corrected chi connectivity index (χ1v) is 8.72. The number of benzene rings is 2. The second kappa shape index (κ2) is 7.44. The van der Waals surface area contributed by atoms with Gasteiger partial charge < -0.3 is 16.0 Å². The summed E-state index contributed by atoms with van der Waals surface area (Å²) in [6, 6.07) is 14.0. The molecule has 128 valence electrons. The predicted molar refractivity (Wildman–Crippen MR) is 106 cm³/mol. The van der Waals surface area contributed by atoms with Crippen molar-refractivity contribution in [3.8, 4) is 0 Å². The largest absolute Gasteiger partial charge is 0.351 e. The Balaban J connectivity index is 1.99. The van der Waals surface area contributed by atoms with Crippen LogP contribution in [0.4, 0.5) is 5.69 Å². The quantitative estimate of drug-likeness (QED) is 0.677. The van der Waals surface area contributed by atoms with Crippen LogP contribution in [-0.4, -0.2) is 11.0 Å². The SMILES string of the molecule is CC1=C(C(=O)Nc2ccccc2)[C@H](c2ccc(Cl)cc2Cl)NC(=S)N1. The van der Waals surface area contributed by atoms with Gasteiger partial charge in [0.05, 0.1) is 11.6 Å². The molecule has 0 spiro atoms. The molecule has 4 nitrogen and oxygen atoms in total. The highest BCUT2D eigenvalue weighted by Gasteiger charge is 2.31. The van der Waals surface area contributed by atoms with E-state index >= 15 is 0 Å². The summed E-state index contributed by atoms with van der Waals surface area (Å²) in [7, 11) is 0. The molecule has 0 saturated carbocycles. The van der Waals surface area contributed by atoms with E-state index in [1.165, 1.54) is 0 Å². The number of hydrogen-bond donors (Lipinski definition) is 3. The van der Waals surface area contributed by atoms with Crippen molar-refractivity contribution in [2.24, 2.45) is 0 Å². The Morgan fingerprint density at radius 1 is 1.16 bits per heavy atom. The molecule has 1 atom stereocenters. The van der Waals surface area contributed by atoms with Crippen LogP contribution in [0.3, 0.4) is 0 Å². The maximum atomic E-state index is 12.9. The van der Waals surface area contributed by atoms with E-state index < -0.39 is 6.04 Å². The van der Waals surface area contributed by atoms with E-state index in [1.54, 1.807) is 18.2 Å². The molecular formula is C18H15Cl2N3OS. The molecule has 1 aliphatic rings. The highest BCUT2D eigenvalue weighted by Crippen LogP contribution is 2.33. The van der Waals surface area contributed by atoms with Crippen molar-refractivity contribution in [2.45, 2.75) is 13.0 Å². The third-order valence-corrected chi connectivity index (χ3v) is 4.60. The molecule has 0 unspecified atom stereocenters. The van der Waals surface area contributed by atoms with Gasteiger partial charge in [0.15, 0.2) is 5.11 Å². The molecule has 2 aromatic rings. The van der Waals surface area contributed by atoms with Crippen LogP contribution in [0.25, 0.3) is 0 Å². The molecular weight excluding hydrogens is 377 g/mol. The van der Waals surface area contributed by atoms with Crippen molar-refractivity contribution in [2.75, 3.05) is 5.32 Å². The second-order valence-corrected chi connectivity index (χ2v) is 6.81. The number of anilines is 1. The third kappa shape index (κ3) is 3.95. The Hall–Kier alpha value is -2.08. The minimum atomic E-state index is -0.470. The van der Waals surface area contributed by atoms with E-state index in [0.29, 0.717) is 32.1 Å². The van der Waals surface area contributed by atoms with Gasteiger partial charge in [-0.1, -0.05) is 47.5 Å². The summed E-state index contributed by atoms with van der Waals surface area (Å²) in [5.74, 6) is -0.234. The maximum Gasteiger partial charge on any atom is 0.255 e. The summed E-state index contributed by atoms with van der Waals surface area (Å²) in [4.78, 5) is 12.9. The minimum Gasteiger partial charge on any atom is -0.351 e. The summed E-state index contributed by atoms with van der Waals surface area (Å²) >= 11 is 17.6. The molecule has 0 aromatic heterocycles. The first-order valence-electron chi connectivity index (χ1n) is 7.55.